The number of nitrogens with one attached hydrogen (secondary N) is 1. The standard InChI is InChI=1S/C17H16ClF2NO2/c1-2-3-9-23-15-8-7-11(19)10-12(15)17(22)21-16-13(18)5-4-6-14(16)20/h4-8,10H,2-3,9H2,1H3,(H,21,22). The molecule has 2 aromatic rings. The summed E-state index contributed by atoms with van der Waals surface area (Å²) < 4.78 is 32.7. The van der Waals surface area contributed by atoms with Crippen molar-refractivity contribution < 1.29 is 18.3 Å². The van der Waals surface area contributed by atoms with Crippen molar-refractivity contribution in [3.8, 4) is 5.75 Å². The highest BCUT2D eigenvalue weighted by molar-refractivity contribution is 6.34. The molecule has 0 unspecified atom stereocenters. The van der Waals surface area contributed by atoms with Gasteiger partial charge in [0, 0.05) is 0 Å². The summed E-state index contributed by atoms with van der Waals surface area (Å²) in [6.07, 6.45) is 1.73. The van der Waals surface area contributed by atoms with E-state index in [1.54, 1.807) is 0 Å². The third kappa shape index (κ3) is 4.42. The number of para-hydroxylation sites is 1. The van der Waals surface area contributed by atoms with E-state index in [9.17, 15) is 13.6 Å². The van der Waals surface area contributed by atoms with Crippen LogP contribution in [0.4, 0.5) is 14.5 Å². The topological polar surface area (TPSA) is 38.3 Å². The number of benzene rings is 2. The minimum atomic E-state index is -0.692. The van der Waals surface area contributed by atoms with Gasteiger partial charge in [-0.3, -0.25) is 4.79 Å². The molecule has 0 spiro atoms. The van der Waals surface area contributed by atoms with Gasteiger partial charge in [0.25, 0.3) is 5.91 Å². The lowest BCUT2D eigenvalue weighted by Crippen LogP contribution is -2.15. The van der Waals surface area contributed by atoms with Crippen LogP contribution < -0.4 is 10.1 Å². The SMILES string of the molecule is CCCCOc1ccc(F)cc1C(=O)Nc1c(F)cccc1Cl. The number of halogens is 3. The first-order chi connectivity index (χ1) is 11.0. The van der Waals surface area contributed by atoms with Gasteiger partial charge in [-0.25, -0.2) is 8.78 Å². The molecule has 0 bridgehead atoms. The molecule has 0 heterocycles. The number of carbonyl (C=O) groups excluding carboxylic acids is 1. The van der Waals surface area contributed by atoms with Crippen molar-refractivity contribution in [2.24, 2.45) is 0 Å². The minimum Gasteiger partial charge on any atom is -0.493 e. The summed E-state index contributed by atoms with van der Waals surface area (Å²) in [7, 11) is 0. The number of rotatable bonds is 6. The lowest BCUT2D eigenvalue weighted by atomic mass is 10.1. The van der Waals surface area contributed by atoms with Crippen molar-refractivity contribution in [3.05, 3.63) is 58.6 Å². The molecule has 6 heteroatoms. The molecule has 0 aromatic heterocycles. The van der Waals surface area contributed by atoms with E-state index < -0.39 is 17.5 Å². The van der Waals surface area contributed by atoms with Crippen LogP contribution in [0, 0.1) is 11.6 Å². The highest BCUT2D eigenvalue weighted by atomic mass is 35.5. The van der Waals surface area contributed by atoms with E-state index in [-0.39, 0.29) is 22.0 Å². The van der Waals surface area contributed by atoms with Gasteiger partial charge in [-0.2, -0.15) is 0 Å². The number of ether oxygens (including phenoxy) is 1. The van der Waals surface area contributed by atoms with Gasteiger partial charge >= 0.3 is 0 Å². The molecule has 0 saturated carbocycles. The summed E-state index contributed by atoms with van der Waals surface area (Å²) >= 11 is 5.87. The Balaban J connectivity index is 2.26. The number of unbranched alkanes of at least 4 members (excludes halogenated alkanes) is 1. The highest BCUT2D eigenvalue weighted by Gasteiger charge is 2.17. The average molecular weight is 340 g/mol. The van der Waals surface area contributed by atoms with Crippen molar-refractivity contribution in [2.45, 2.75) is 19.8 Å². The Morgan fingerprint density at radius 1 is 1.26 bits per heavy atom. The molecule has 1 amide bonds. The van der Waals surface area contributed by atoms with Crippen LogP contribution in [0.5, 0.6) is 5.75 Å². The minimum absolute atomic E-state index is 0.0135. The third-order valence-electron chi connectivity index (χ3n) is 3.14. The maximum atomic E-state index is 13.8. The fourth-order valence-electron chi connectivity index (χ4n) is 1.93. The number of hydrogen-bond donors (Lipinski definition) is 1. The van der Waals surface area contributed by atoms with E-state index >= 15 is 0 Å². The summed E-state index contributed by atoms with van der Waals surface area (Å²) in [5.74, 6) is -1.71. The maximum Gasteiger partial charge on any atom is 0.259 e. The Kier molecular flexibility index (Phi) is 5.93. The molecule has 23 heavy (non-hydrogen) atoms. The van der Waals surface area contributed by atoms with Crippen LogP contribution in [0.1, 0.15) is 30.1 Å². The average Bonchev–Trinajstić information content (AvgIpc) is 2.52. The van der Waals surface area contributed by atoms with Gasteiger partial charge in [0.15, 0.2) is 0 Å². The van der Waals surface area contributed by atoms with E-state index in [1.165, 1.54) is 30.3 Å². The molecule has 0 aliphatic heterocycles. The summed E-state index contributed by atoms with van der Waals surface area (Å²) in [4.78, 5) is 12.3. The Morgan fingerprint density at radius 2 is 2.04 bits per heavy atom. The molecule has 3 nitrogen and oxygen atoms in total. The number of carbonyl (C=O) groups is 1. The third-order valence-corrected chi connectivity index (χ3v) is 3.46. The molecule has 0 fully saturated rings. The fraction of sp³-hybridized carbons (Fsp3) is 0.235. The zero-order valence-corrected chi connectivity index (χ0v) is 13.3. The summed E-state index contributed by atoms with van der Waals surface area (Å²) in [6, 6.07) is 7.67. The van der Waals surface area contributed by atoms with Crippen molar-refractivity contribution in [2.75, 3.05) is 11.9 Å². The van der Waals surface area contributed by atoms with Gasteiger partial charge in [-0.1, -0.05) is 31.0 Å². The molecule has 1 N–H and O–H groups in total. The fourth-order valence-corrected chi connectivity index (χ4v) is 2.14. The van der Waals surface area contributed by atoms with E-state index in [0.717, 1.165) is 18.9 Å². The molecular weight excluding hydrogens is 324 g/mol. The molecule has 0 aliphatic carbocycles. The molecule has 2 aromatic carbocycles. The molecule has 0 radical (unpaired) electrons. The zero-order chi connectivity index (χ0) is 16.8. The van der Waals surface area contributed by atoms with E-state index in [2.05, 4.69) is 5.32 Å². The molecule has 0 atom stereocenters. The van der Waals surface area contributed by atoms with Gasteiger partial charge in [-0.15, -0.1) is 0 Å². The molecule has 0 saturated heterocycles. The first kappa shape index (κ1) is 17.2. The smallest absolute Gasteiger partial charge is 0.259 e. The summed E-state index contributed by atoms with van der Waals surface area (Å²) in [5, 5.41) is 2.42. The second-order valence-electron chi connectivity index (χ2n) is 4.89. The summed E-state index contributed by atoms with van der Waals surface area (Å²) in [6.45, 7) is 2.41. The number of hydrogen-bond acceptors (Lipinski definition) is 2. The lowest BCUT2D eigenvalue weighted by molar-refractivity contribution is 0.102. The second kappa shape index (κ2) is 7.92. The van der Waals surface area contributed by atoms with Gasteiger partial charge in [0.2, 0.25) is 0 Å². The van der Waals surface area contributed by atoms with Gasteiger partial charge in [0.05, 0.1) is 22.9 Å². The Bertz CT molecular complexity index is 687. The first-order valence-electron chi connectivity index (χ1n) is 7.20. The molecule has 2 rings (SSSR count). The van der Waals surface area contributed by atoms with E-state index in [0.29, 0.717) is 6.61 Å². The van der Waals surface area contributed by atoms with Gasteiger partial charge < -0.3 is 10.1 Å². The van der Waals surface area contributed by atoms with E-state index in [4.69, 9.17) is 16.3 Å². The van der Waals surface area contributed by atoms with Gasteiger partial charge in [0.1, 0.15) is 17.4 Å². The van der Waals surface area contributed by atoms with Crippen molar-refractivity contribution in [3.63, 3.8) is 0 Å². The molecule has 0 aliphatic rings. The second-order valence-corrected chi connectivity index (χ2v) is 5.30. The largest absolute Gasteiger partial charge is 0.493 e. The monoisotopic (exact) mass is 339 g/mol. The van der Waals surface area contributed by atoms with Crippen LogP contribution in [0.15, 0.2) is 36.4 Å². The van der Waals surface area contributed by atoms with Crippen LogP contribution in [-0.4, -0.2) is 12.5 Å². The molecular formula is C17H16ClF2NO2. The number of anilines is 1. The zero-order valence-electron chi connectivity index (χ0n) is 12.5. The Morgan fingerprint density at radius 3 is 2.74 bits per heavy atom. The van der Waals surface area contributed by atoms with Crippen LogP contribution in [0.25, 0.3) is 0 Å². The predicted molar refractivity (Wildman–Crippen MR) is 86.2 cm³/mol. The van der Waals surface area contributed by atoms with Crippen LogP contribution in [-0.2, 0) is 0 Å². The summed E-state index contributed by atoms with van der Waals surface area (Å²) in [5.41, 5.74) is -0.164. The Hall–Kier alpha value is -2.14. The normalized spacial score (nSPS) is 10.4. The van der Waals surface area contributed by atoms with Gasteiger partial charge in [-0.05, 0) is 36.8 Å². The quantitative estimate of drug-likeness (QED) is 0.748. The maximum absolute atomic E-state index is 13.8. The van der Waals surface area contributed by atoms with Crippen LogP contribution in [0.3, 0.4) is 0 Å². The van der Waals surface area contributed by atoms with Crippen LogP contribution >= 0.6 is 11.6 Å². The van der Waals surface area contributed by atoms with Crippen LogP contribution in [0.2, 0.25) is 5.02 Å². The van der Waals surface area contributed by atoms with Crippen molar-refractivity contribution in [1.82, 2.24) is 0 Å². The van der Waals surface area contributed by atoms with Crippen molar-refractivity contribution >= 4 is 23.2 Å². The lowest BCUT2D eigenvalue weighted by Gasteiger charge is -2.13. The number of amides is 1. The highest BCUT2D eigenvalue weighted by Crippen LogP contribution is 2.27. The first-order valence-corrected chi connectivity index (χ1v) is 7.58. The predicted octanol–water partition coefficient (Wildman–Crippen LogP) is 5.05. The Labute approximate surface area is 138 Å². The van der Waals surface area contributed by atoms with E-state index in [1.807, 2.05) is 6.92 Å². The molecule has 122 valence electrons. The van der Waals surface area contributed by atoms with Crippen molar-refractivity contribution in [1.29, 1.82) is 0 Å².